The van der Waals surface area contributed by atoms with E-state index in [1.807, 2.05) is 0 Å². The van der Waals surface area contributed by atoms with Gasteiger partial charge in [-0.05, 0) is 42.7 Å². The number of hydrogen-bond donors (Lipinski definition) is 1. The average Bonchev–Trinajstić information content (AvgIpc) is 2.16. The van der Waals surface area contributed by atoms with Crippen molar-refractivity contribution in [1.29, 1.82) is 0 Å². The lowest BCUT2D eigenvalue weighted by Gasteiger charge is -2.35. The molecule has 1 aliphatic carbocycles. The van der Waals surface area contributed by atoms with Crippen LogP contribution in [0.15, 0.2) is 34.3 Å². The summed E-state index contributed by atoms with van der Waals surface area (Å²) >= 11 is 0. The summed E-state index contributed by atoms with van der Waals surface area (Å²) < 4.78 is 32.7. The molecule has 6 heteroatoms. The van der Waals surface area contributed by atoms with E-state index in [9.17, 15) is 8.42 Å². The Morgan fingerprint density at radius 1 is 1.18 bits per heavy atom. The molecule has 0 aliphatic heterocycles. The van der Waals surface area contributed by atoms with Gasteiger partial charge in [0.1, 0.15) is 0 Å². The molecule has 0 aromatic rings. The zero-order valence-corrected chi connectivity index (χ0v) is 11.2. The topological polar surface area (TPSA) is 78.6 Å². The molecular weight excluding hydrogens is 242 g/mol. The first kappa shape index (κ1) is 14.1. The molecule has 96 valence electrons. The standard InChI is InChI=1S/C11H17NO4S/c1-8-5-10(7-17(12,13)14)6-9(2)11(8,15-3)16-4/h5-7H,1-4H3,(H2,12,13,14). The molecule has 0 aromatic carbocycles. The maximum absolute atomic E-state index is 11.0. The number of rotatable bonds is 3. The number of allylic oxidation sites excluding steroid dienone is 3. The van der Waals surface area contributed by atoms with E-state index in [1.165, 1.54) is 14.2 Å². The number of nitrogens with two attached hydrogens (primary N) is 1. The second kappa shape index (κ2) is 4.73. The van der Waals surface area contributed by atoms with Crippen LogP contribution < -0.4 is 5.14 Å². The van der Waals surface area contributed by atoms with Crippen molar-refractivity contribution in [3.8, 4) is 0 Å². The molecule has 0 spiro atoms. The van der Waals surface area contributed by atoms with Gasteiger partial charge in [0.2, 0.25) is 15.8 Å². The molecule has 0 heterocycles. The summed E-state index contributed by atoms with van der Waals surface area (Å²) in [6.07, 6.45) is 3.34. The predicted octanol–water partition coefficient (Wildman–Crippen LogP) is 1.05. The molecule has 0 saturated carbocycles. The Labute approximate surface area is 102 Å². The van der Waals surface area contributed by atoms with Gasteiger partial charge in [-0.15, -0.1) is 0 Å². The molecule has 5 nitrogen and oxygen atoms in total. The van der Waals surface area contributed by atoms with E-state index in [0.717, 1.165) is 16.6 Å². The smallest absolute Gasteiger partial charge is 0.231 e. The number of primary sulfonamides is 1. The fraction of sp³-hybridized carbons (Fsp3) is 0.455. The zero-order chi connectivity index (χ0) is 13.3. The first-order chi connectivity index (χ1) is 7.75. The van der Waals surface area contributed by atoms with Gasteiger partial charge >= 0.3 is 0 Å². The molecule has 0 fully saturated rings. The number of methoxy groups -OCH3 is 2. The highest BCUT2D eigenvalue weighted by molar-refractivity contribution is 7.92. The minimum Gasteiger partial charge on any atom is -0.346 e. The van der Waals surface area contributed by atoms with E-state index in [0.29, 0.717) is 5.57 Å². The minimum atomic E-state index is -3.65. The molecule has 2 N–H and O–H groups in total. The minimum absolute atomic E-state index is 0.507. The monoisotopic (exact) mass is 259 g/mol. The van der Waals surface area contributed by atoms with Crippen LogP contribution in [0.5, 0.6) is 0 Å². The highest BCUT2D eigenvalue weighted by Gasteiger charge is 2.36. The van der Waals surface area contributed by atoms with Gasteiger partial charge in [-0.3, -0.25) is 0 Å². The van der Waals surface area contributed by atoms with Crippen LogP contribution in [0.1, 0.15) is 13.8 Å². The molecule has 0 atom stereocenters. The second-order valence-electron chi connectivity index (χ2n) is 3.89. The van der Waals surface area contributed by atoms with Crippen molar-refractivity contribution in [2.45, 2.75) is 19.6 Å². The van der Waals surface area contributed by atoms with Gasteiger partial charge in [-0.25, -0.2) is 13.6 Å². The summed E-state index contributed by atoms with van der Waals surface area (Å²) in [4.78, 5) is 0. The Hall–Kier alpha value is -0.950. The third-order valence-corrected chi connectivity index (χ3v) is 3.28. The molecule has 0 radical (unpaired) electrons. The van der Waals surface area contributed by atoms with Crippen LogP contribution in [-0.4, -0.2) is 28.4 Å². The van der Waals surface area contributed by atoms with Crippen molar-refractivity contribution in [3.63, 3.8) is 0 Å². The van der Waals surface area contributed by atoms with Crippen LogP contribution >= 0.6 is 0 Å². The van der Waals surface area contributed by atoms with Crippen molar-refractivity contribution < 1.29 is 17.9 Å². The van der Waals surface area contributed by atoms with E-state index in [2.05, 4.69) is 0 Å². The van der Waals surface area contributed by atoms with Crippen LogP contribution in [0.3, 0.4) is 0 Å². The van der Waals surface area contributed by atoms with Crippen LogP contribution in [0, 0.1) is 0 Å². The number of ether oxygens (including phenoxy) is 2. The van der Waals surface area contributed by atoms with Gasteiger partial charge in [-0.2, -0.15) is 0 Å². The summed E-state index contributed by atoms with van der Waals surface area (Å²) in [5, 5.41) is 5.97. The lowest BCUT2D eigenvalue weighted by molar-refractivity contribution is -0.150. The Morgan fingerprint density at radius 3 is 1.88 bits per heavy atom. The molecule has 0 aromatic heterocycles. The first-order valence-corrected chi connectivity index (χ1v) is 6.58. The van der Waals surface area contributed by atoms with Gasteiger partial charge in [-0.1, -0.05) is 0 Å². The summed E-state index contributed by atoms with van der Waals surface area (Å²) in [5.74, 6) is -0.921. The van der Waals surface area contributed by atoms with Crippen LogP contribution in [-0.2, 0) is 19.5 Å². The number of sulfonamides is 1. The Bertz CT molecular complexity index is 472. The van der Waals surface area contributed by atoms with Crippen molar-refractivity contribution in [2.24, 2.45) is 5.14 Å². The van der Waals surface area contributed by atoms with E-state index in [-0.39, 0.29) is 0 Å². The maximum atomic E-state index is 11.0. The molecule has 1 rings (SSSR count). The van der Waals surface area contributed by atoms with Crippen molar-refractivity contribution in [3.05, 3.63) is 34.3 Å². The van der Waals surface area contributed by atoms with Gasteiger partial charge in [0.05, 0.1) is 5.41 Å². The van der Waals surface area contributed by atoms with E-state index in [1.54, 1.807) is 26.0 Å². The zero-order valence-electron chi connectivity index (χ0n) is 10.4. The largest absolute Gasteiger partial charge is 0.346 e. The van der Waals surface area contributed by atoms with Crippen LogP contribution in [0.4, 0.5) is 0 Å². The summed E-state index contributed by atoms with van der Waals surface area (Å²) in [7, 11) is -0.586. The normalized spacial score (nSPS) is 19.7. The van der Waals surface area contributed by atoms with Crippen molar-refractivity contribution in [2.75, 3.05) is 14.2 Å². The molecular formula is C11H17NO4S. The van der Waals surface area contributed by atoms with Crippen molar-refractivity contribution >= 4 is 10.0 Å². The second-order valence-corrected chi connectivity index (χ2v) is 5.30. The first-order valence-electron chi connectivity index (χ1n) is 4.97. The van der Waals surface area contributed by atoms with Crippen LogP contribution in [0.2, 0.25) is 0 Å². The molecule has 0 unspecified atom stereocenters. The van der Waals surface area contributed by atoms with Gasteiger partial charge in [0, 0.05) is 14.2 Å². The Kier molecular flexibility index (Phi) is 3.93. The highest BCUT2D eigenvalue weighted by Crippen LogP contribution is 2.35. The summed E-state index contributed by atoms with van der Waals surface area (Å²) in [6.45, 7) is 3.61. The maximum Gasteiger partial charge on any atom is 0.231 e. The Morgan fingerprint density at radius 2 is 1.59 bits per heavy atom. The lowest BCUT2D eigenvalue weighted by Crippen LogP contribution is -2.38. The summed E-state index contributed by atoms with van der Waals surface area (Å²) in [5.41, 5.74) is 2.03. The molecule has 0 amide bonds. The van der Waals surface area contributed by atoms with E-state index < -0.39 is 15.8 Å². The van der Waals surface area contributed by atoms with Gasteiger partial charge in [0.25, 0.3) is 0 Å². The lowest BCUT2D eigenvalue weighted by atomic mass is 9.91. The highest BCUT2D eigenvalue weighted by atomic mass is 32.2. The number of hydrogen-bond acceptors (Lipinski definition) is 4. The van der Waals surface area contributed by atoms with E-state index in [4.69, 9.17) is 14.6 Å². The predicted molar refractivity (Wildman–Crippen MR) is 65.5 cm³/mol. The van der Waals surface area contributed by atoms with E-state index >= 15 is 0 Å². The average molecular weight is 259 g/mol. The SMILES string of the molecule is COC1(OC)C(C)=CC(=CS(N)(=O)=O)C=C1C. The van der Waals surface area contributed by atoms with Gasteiger partial charge in [0.15, 0.2) is 0 Å². The molecule has 0 bridgehead atoms. The molecule has 1 aliphatic rings. The third-order valence-electron chi connectivity index (χ3n) is 2.68. The molecule has 17 heavy (non-hydrogen) atoms. The van der Waals surface area contributed by atoms with Crippen molar-refractivity contribution in [1.82, 2.24) is 0 Å². The quantitative estimate of drug-likeness (QED) is 0.768. The third kappa shape index (κ3) is 2.84. The fourth-order valence-corrected chi connectivity index (χ4v) is 2.54. The van der Waals surface area contributed by atoms with Crippen LogP contribution in [0.25, 0.3) is 0 Å². The summed E-state index contributed by atoms with van der Waals surface area (Å²) in [6, 6.07) is 0. The van der Waals surface area contributed by atoms with Gasteiger partial charge < -0.3 is 9.47 Å². The Balaban J connectivity index is 3.29. The molecule has 0 saturated heterocycles. The fourth-order valence-electron chi connectivity index (χ4n) is 2.03.